The van der Waals surface area contributed by atoms with Crippen LogP contribution in [0.1, 0.15) is 26.7 Å². The molecule has 0 unspecified atom stereocenters. The molecule has 1 aromatic rings. The van der Waals surface area contributed by atoms with Gasteiger partial charge in [0.05, 0.1) is 0 Å². The number of nitrogens with one attached hydrogen (secondary N) is 1. The third-order valence-corrected chi connectivity index (χ3v) is 5.21. The van der Waals surface area contributed by atoms with Crippen molar-refractivity contribution in [2.24, 2.45) is 5.92 Å². The van der Waals surface area contributed by atoms with Crippen LogP contribution in [0.15, 0.2) is 8.68 Å². The highest BCUT2D eigenvalue weighted by Gasteiger charge is 2.02. The fourth-order valence-corrected chi connectivity index (χ4v) is 3.75. The molecule has 1 heterocycles. The largest absolute Gasteiger partial charge is 0.316 e. The number of aromatic nitrogens is 2. The van der Waals surface area contributed by atoms with E-state index in [0.29, 0.717) is 0 Å². The molecule has 6 heteroatoms. The molecule has 98 valence electrons. The molecule has 0 saturated heterocycles. The molecule has 0 aliphatic carbocycles. The molecule has 0 amide bonds. The first-order chi connectivity index (χ1) is 8.22. The summed E-state index contributed by atoms with van der Waals surface area (Å²) in [6.45, 7) is 6.73. The van der Waals surface area contributed by atoms with Crippen molar-refractivity contribution in [1.29, 1.82) is 0 Å². The van der Waals surface area contributed by atoms with Crippen LogP contribution < -0.4 is 5.32 Å². The molecule has 0 fully saturated rings. The van der Waals surface area contributed by atoms with Gasteiger partial charge < -0.3 is 5.32 Å². The zero-order valence-electron chi connectivity index (χ0n) is 10.7. The fourth-order valence-electron chi connectivity index (χ4n) is 1.24. The van der Waals surface area contributed by atoms with Gasteiger partial charge in [0, 0.05) is 5.75 Å². The van der Waals surface area contributed by atoms with Gasteiger partial charge in [0.25, 0.3) is 0 Å². The maximum absolute atomic E-state index is 4.14. The predicted molar refractivity (Wildman–Crippen MR) is 79.4 cm³/mol. The van der Waals surface area contributed by atoms with Crippen molar-refractivity contribution in [2.45, 2.75) is 35.4 Å². The zero-order chi connectivity index (χ0) is 12.5. The first-order valence-electron chi connectivity index (χ1n) is 5.93. The molecule has 0 bridgehead atoms. The Kier molecular flexibility index (Phi) is 8.26. The molecule has 0 aliphatic rings. The van der Waals surface area contributed by atoms with Crippen molar-refractivity contribution >= 4 is 34.9 Å². The van der Waals surface area contributed by atoms with Crippen molar-refractivity contribution in [3.63, 3.8) is 0 Å². The van der Waals surface area contributed by atoms with Gasteiger partial charge in [-0.15, -0.1) is 10.2 Å². The van der Waals surface area contributed by atoms with Gasteiger partial charge in [0.2, 0.25) is 0 Å². The highest BCUT2D eigenvalue weighted by Crippen LogP contribution is 2.27. The van der Waals surface area contributed by atoms with Gasteiger partial charge in [0.1, 0.15) is 0 Å². The van der Waals surface area contributed by atoms with Gasteiger partial charge in [-0.05, 0) is 38.1 Å². The topological polar surface area (TPSA) is 37.8 Å². The Morgan fingerprint density at radius 1 is 1.24 bits per heavy atom. The number of unbranched alkanes of at least 4 members (excludes halogenated alkanes) is 1. The van der Waals surface area contributed by atoms with Crippen LogP contribution in [0.4, 0.5) is 0 Å². The lowest BCUT2D eigenvalue weighted by Gasteiger charge is -2.06. The molecule has 0 aromatic carbocycles. The van der Waals surface area contributed by atoms with Gasteiger partial charge in [-0.3, -0.25) is 0 Å². The number of nitrogens with zero attached hydrogens (tertiary/aromatic N) is 2. The van der Waals surface area contributed by atoms with Crippen LogP contribution in [0.25, 0.3) is 0 Å². The molecule has 17 heavy (non-hydrogen) atoms. The van der Waals surface area contributed by atoms with Gasteiger partial charge in [-0.25, -0.2) is 0 Å². The van der Waals surface area contributed by atoms with E-state index in [1.165, 1.54) is 12.8 Å². The van der Waals surface area contributed by atoms with E-state index in [-0.39, 0.29) is 0 Å². The molecule has 1 rings (SSSR count). The van der Waals surface area contributed by atoms with Gasteiger partial charge in [0.15, 0.2) is 8.68 Å². The maximum Gasteiger partial charge on any atom is 0.175 e. The summed E-state index contributed by atoms with van der Waals surface area (Å²) in [6, 6.07) is 0. The average Bonchev–Trinajstić information content (AvgIpc) is 2.75. The highest BCUT2D eigenvalue weighted by molar-refractivity contribution is 8.02. The monoisotopic (exact) mass is 291 g/mol. The molecular weight excluding hydrogens is 270 g/mol. The lowest BCUT2D eigenvalue weighted by atomic mass is 10.2. The minimum absolute atomic E-state index is 0.746. The quantitative estimate of drug-likeness (QED) is 0.558. The van der Waals surface area contributed by atoms with Crippen molar-refractivity contribution in [3.8, 4) is 0 Å². The summed E-state index contributed by atoms with van der Waals surface area (Å²) in [5.41, 5.74) is 0. The van der Waals surface area contributed by atoms with E-state index < -0.39 is 0 Å². The Morgan fingerprint density at radius 3 is 2.65 bits per heavy atom. The Labute approximate surface area is 117 Å². The van der Waals surface area contributed by atoms with E-state index in [2.05, 4.69) is 29.4 Å². The third kappa shape index (κ3) is 7.28. The molecule has 0 radical (unpaired) electrons. The Bertz CT molecular complexity index is 302. The van der Waals surface area contributed by atoms with Crippen molar-refractivity contribution in [2.75, 3.05) is 25.1 Å². The molecule has 1 N–H and O–H groups in total. The second-order valence-corrected chi connectivity index (χ2v) is 7.56. The highest BCUT2D eigenvalue weighted by atomic mass is 32.2. The summed E-state index contributed by atoms with van der Waals surface area (Å²) in [5.74, 6) is 1.89. The Hall–Kier alpha value is 0.220. The molecule has 3 nitrogen and oxygen atoms in total. The summed E-state index contributed by atoms with van der Waals surface area (Å²) in [5, 5.41) is 11.7. The fraction of sp³-hybridized carbons (Fsp3) is 0.818. The number of hydrogen-bond donors (Lipinski definition) is 1. The van der Waals surface area contributed by atoms with E-state index in [9.17, 15) is 0 Å². The molecular formula is C11H21N3S3. The predicted octanol–water partition coefficient (Wildman–Crippen LogP) is 3.38. The van der Waals surface area contributed by atoms with Crippen molar-refractivity contribution in [1.82, 2.24) is 15.5 Å². The lowest BCUT2D eigenvalue weighted by molar-refractivity contribution is 0.541. The van der Waals surface area contributed by atoms with Crippen molar-refractivity contribution in [3.05, 3.63) is 0 Å². The summed E-state index contributed by atoms with van der Waals surface area (Å²) >= 11 is 5.18. The summed E-state index contributed by atoms with van der Waals surface area (Å²) in [6.07, 6.45) is 4.52. The Balaban J connectivity index is 1.97. The molecule has 1 aromatic heterocycles. The SMILES string of the molecule is CSc1nnc(SCCCCNCC(C)C)s1. The smallest absolute Gasteiger partial charge is 0.175 e. The van der Waals surface area contributed by atoms with Crippen LogP contribution in [0.3, 0.4) is 0 Å². The minimum atomic E-state index is 0.746. The van der Waals surface area contributed by atoms with E-state index in [1.54, 1.807) is 23.1 Å². The summed E-state index contributed by atoms with van der Waals surface area (Å²) in [4.78, 5) is 0. The molecule has 0 saturated carbocycles. The van der Waals surface area contributed by atoms with Crippen LogP contribution in [0.2, 0.25) is 0 Å². The summed E-state index contributed by atoms with van der Waals surface area (Å²) < 4.78 is 2.16. The first kappa shape index (κ1) is 15.3. The van der Waals surface area contributed by atoms with Crippen LogP contribution in [-0.4, -0.2) is 35.3 Å². The van der Waals surface area contributed by atoms with Gasteiger partial charge in [-0.2, -0.15) is 0 Å². The molecule has 0 atom stereocenters. The van der Waals surface area contributed by atoms with Gasteiger partial charge in [-0.1, -0.05) is 48.7 Å². The van der Waals surface area contributed by atoms with Gasteiger partial charge >= 0.3 is 0 Å². The van der Waals surface area contributed by atoms with E-state index in [1.807, 2.05) is 18.0 Å². The first-order valence-corrected chi connectivity index (χ1v) is 8.96. The third-order valence-electron chi connectivity index (χ3n) is 2.09. The summed E-state index contributed by atoms with van der Waals surface area (Å²) in [7, 11) is 0. The van der Waals surface area contributed by atoms with E-state index in [4.69, 9.17) is 0 Å². The number of rotatable bonds is 9. The lowest BCUT2D eigenvalue weighted by Crippen LogP contribution is -2.20. The minimum Gasteiger partial charge on any atom is -0.316 e. The van der Waals surface area contributed by atoms with Crippen LogP contribution in [0, 0.1) is 5.92 Å². The second kappa shape index (κ2) is 9.19. The number of hydrogen-bond acceptors (Lipinski definition) is 6. The number of thioether (sulfide) groups is 2. The molecule has 0 aliphatic heterocycles. The van der Waals surface area contributed by atoms with Crippen LogP contribution in [0.5, 0.6) is 0 Å². The van der Waals surface area contributed by atoms with Crippen LogP contribution in [-0.2, 0) is 0 Å². The Morgan fingerprint density at radius 2 is 2.00 bits per heavy atom. The standard InChI is InChI=1S/C11H21N3S3/c1-9(2)8-12-6-4-5-7-16-11-14-13-10(15-3)17-11/h9,12H,4-8H2,1-3H3. The zero-order valence-corrected chi connectivity index (χ0v) is 13.2. The van der Waals surface area contributed by atoms with E-state index in [0.717, 1.165) is 33.4 Å². The van der Waals surface area contributed by atoms with E-state index >= 15 is 0 Å². The normalized spacial score (nSPS) is 11.3. The average molecular weight is 292 g/mol. The molecule has 0 spiro atoms. The van der Waals surface area contributed by atoms with Crippen molar-refractivity contribution < 1.29 is 0 Å². The maximum atomic E-state index is 4.14. The van der Waals surface area contributed by atoms with Crippen LogP contribution >= 0.6 is 34.9 Å². The second-order valence-electron chi connectivity index (χ2n) is 4.19.